The Labute approximate surface area is 130 Å². The lowest BCUT2D eigenvalue weighted by Gasteiger charge is -2.38. The lowest BCUT2D eigenvalue weighted by atomic mass is 10.0. The minimum absolute atomic E-state index is 0.203. The van der Waals surface area contributed by atoms with Gasteiger partial charge in [0.05, 0.1) is 29.7 Å². The molecule has 1 aliphatic heterocycles. The van der Waals surface area contributed by atoms with E-state index in [9.17, 15) is 9.90 Å². The van der Waals surface area contributed by atoms with Gasteiger partial charge in [0, 0.05) is 19.3 Å². The number of nitrogens with one attached hydrogen (secondary N) is 1. The fourth-order valence-corrected chi connectivity index (χ4v) is 2.54. The van der Waals surface area contributed by atoms with Crippen molar-refractivity contribution in [2.24, 2.45) is 0 Å². The first-order valence-electron chi connectivity index (χ1n) is 7.36. The van der Waals surface area contributed by atoms with E-state index in [0.29, 0.717) is 25.2 Å². The molecular formula is C15H24N4O3. The molecule has 7 heteroatoms. The zero-order chi connectivity index (χ0) is 16.3. The smallest absolute Gasteiger partial charge is 0.407 e. The zero-order valence-electron chi connectivity index (χ0n) is 13.2. The molecule has 2 atom stereocenters. The third-order valence-electron chi connectivity index (χ3n) is 3.32. The number of amides is 1. The van der Waals surface area contributed by atoms with E-state index in [1.807, 2.05) is 25.7 Å². The summed E-state index contributed by atoms with van der Waals surface area (Å²) in [6.07, 6.45) is 2.70. The van der Waals surface area contributed by atoms with E-state index in [1.54, 1.807) is 18.5 Å². The van der Waals surface area contributed by atoms with Gasteiger partial charge in [-0.2, -0.15) is 0 Å². The van der Waals surface area contributed by atoms with Crippen molar-refractivity contribution in [2.75, 3.05) is 23.7 Å². The van der Waals surface area contributed by atoms with Crippen LogP contribution in [0.4, 0.5) is 16.2 Å². The van der Waals surface area contributed by atoms with Crippen molar-refractivity contribution in [1.82, 2.24) is 10.3 Å². The number of nitrogen functional groups attached to an aromatic ring is 1. The topological polar surface area (TPSA) is 101 Å². The Bertz CT molecular complexity index is 530. The SMILES string of the molecule is CC(C)(C)OC(=O)N[C@H]1C[C@@H](O)CN(c2ccncc2N)C1. The molecule has 1 aliphatic rings. The summed E-state index contributed by atoms with van der Waals surface area (Å²) in [4.78, 5) is 17.8. The number of anilines is 2. The maximum atomic E-state index is 11.9. The number of piperidine rings is 1. The highest BCUT2D eigenvalue weighted by molar-refractivity contribution is 5.69. The van der Waals surface area contributed by atoms with Crippen molar-refractivity contribution in [3.63, 3.8) is 0 Å². The van der Waals surface area contributed by atoms with Gasteiger partial charge in [0.2, 0.25) is 0 Å². The monoisotopic (exact) mass is 308 g/mol. The van der Waals surface area contributed by atoms with E-state index in [0.717, 1.165) is 5.69 Å². The molecule has 1 aromatic rings. The predicted molar refractivity (Wildman–Crippen MR) is 84.6 cm³/mol. The molecule has 0 bridgehead atoms. The first-order valence-corrected chi connectivity index (χ1v) is 7.36. The molecule has 2 heterocycles. The second kappa shape index (κ2) is 6.39. The molecule has 0 unspecified atom stereocenters. The standard InChI is InChI=1S/C15H24N4O3/c1-15(2,3)22-14(21)18-10-6-11(20)9-19(8-10)13-4-5-17-7-12(13)16/h4-5,7,10-11,20H,6,8-9,16H2,1-3H3,(H,18,21)/t10-,11+/m0/s1. The number of nitrogens with zero attached hydrogens (tertiary/aromatic N) is 2. The number of hydrogen-bond acceptors (Lipinski definition) is 6. The quantitative estimate of drug-likeness (QED) is 0.757. The van der Waals surface area contributed by atoms with Crippen molar-refractivity contribution in [3.05, 3.63) is 18.5 Å². The van der Waals surface area contributed by atoms with Crippen LogP contribution in [0.25, 0.3) is 0 Å². The van der Waals surface area contributed by atoms with E-state index in [2.05, 4.69) is 10.3 Å². The van der Waals surface area contributed by atoms with Gasteiger partial charge >= 0.3 is 6.09 Å². The molecule has 122 valence electrons. The molecule has 1 amide bonds. The number of aliphatic hydroxyl groups is 1. The Kier molecular flexibility index (Phi) is 4.75. The lowest BCUT2D eigenvalue weighted by Crippen LogP contribution is -2.53. The third kappa shape index (κ3) is 4.49. The van der Waals surface area contributed by atoms with E-state index in [-0.39, 0.29) is 6.04 Å². The molecule has 7 nitrogen and oxygen atoms in total. The molecule has 1 aromatic heterocycles. The maximum absolute atomic E-state index is 11.9. The van der Waals surface area contributed by atoms with Gasteiger partial charge in [-0.15, -0.1) is 0 Å². The third-order valence-corrected chi connectivity index (χ3v) is 3.32. The number of alkyl carbamates (subject to hydrolysis) is 1. The average molecular weight is 308 g/mol. The molecular weight excluding hydrogens is 284 g/mol. The second-order valence-electron chi connectivity index (χ2n) is 6.57. The summed E-state index contributed by atoms with van der Waals surface area (Å²) in [5, 5.41) is 12.9. The molecule has 0 aliphatic carbocycles. The van der Waals surface area contributed by atoms with Crippen molar-refractivity contribution >= 4 is 17.5 Å². The first-order chi connectivity index (χ1) is 10.2. The fourth-order valence-electron chi connectivity index (χ4n) is 2.54. The van der Waals surface area contributed by atoms with Crippen LogP contribution in [-0.4, -0.2) is 47.0 Å². The summed E-state index contributed by atoms with van der Waals surface area (Å²) >= 11 is 0. The number of hydrogen-bond donors (Lipinski definition) is 3. The normalized spacial score (nSPS) is 22.3. The number of aliphatic hydroxyl groups excluding tert-OH is 1. The number of carbonyl (C=O) groups excluding carboxylic acids is 1. The number of β-amino-alcohol motifs (C(OH)–C–C–N with tert-alkyl or cyclic N) is 1. The minimum atomic E-state index is -0.549. The molecule has 4 N–H and O–H groups in total. The highest BCUT2D eigenvalue weighted by Crippen LogP contribution is 2.25. The van der Waals surface area contributed by atoms with Crippen LogP contribution in [0.1, 0.15) is 27.2 Å². The number of rotatable bonds is 2. The number of ether oxygens (including phenoxy) is 1. The summed E-state index contributed by atoms with van der Waals surface area (Å²) in [5.41, 5.74) is 6.74. The Morgan fingerprint density at radius 2 is 2.23 bits per heavy atom. The van der Waals surface area contributed by atoms with Gasteiger partial charge in [-0.1, -0.05) is 0 Å². The Hall–Kier alpha value is -2.02. The second-order valence-corrected chi connectivity index (χ2v) is 6.57. The fraction of sp³-hybridized carbons (Fsp3) is 0.600. The molecule has 0 radical (unpaired) electrons. The summed E-state index contributed by atoms with van der Waals surface area (Å²) in [6, 6.07) is 1.60. The van der Waals surface area contributed by atoms with Crippen LogP contribution in [0.5, 0.6) is 0 Å². The minimum Gasteiger partial charge on any atom is -0.444 e. The summed E-state index contributed by atoms with van der Waals surface area (Å²) < 4.78 is 5.26. The molecule has 2 rings (SSSR count). The van der Waals surface area contributed by atoms with E-state index < -0.39 is 17.8 Å². The Morgan fingerprint density at radius 1 is 1.50 bits per heavy atom. The number of pyridine rings is 1. The highest BCUT2D eigenvalue weighted by atomic mass is 16.6. The maximum Gasteiger partial charge on any atom is 0.407 e. The van der Waals surface area contributed by atoms with Gasteiger partial charge in [-0.25, -0.2) is 4.79 Å². The van der Waals surface area contributed by atoms with Crippen molar-refractivity contribution in [3.8, 4) is 0 Å². The Morgan fingerprint density at radius 3 is 2.86 bits per heavy atom. The van der Waals surface area contributed by atoms with Gasteiger partial charge in [-0.05, 0) is 33.3 Å². The predicted octanol–water partition coefficient (Wildman–Crippen LogP) is 1.13. The molecule has 0 spiro atoms. The molecule has 1 saturated heterocycles. The van der Waals surface area contributed by atoms with Crippen molar-refractivity contribution < 1.29 is 14.6 Å². The van der Waals surface area contributed by atoms with Gasteiger partial charge in [0.1, 0.15) is 5.60 Å². The number of aromatic nitrogens is 1. The molecule has 22 heavy (non-hydrogen) atoms. The molecule has 0 aromatic carbocycles. The summed E-state index contributed by atoms with van der Waals surface area (Å²) in [5.74, 6) is 0. The Balaban J connectivity index is 2.02. The van der Waals surface area contributed by atoms with Crippen LogP contribution < -0.4 is 16.0 Å². The average Bonchev–Trinajstić information content (AvgIpc) is 2.35. The van der Waals surface area contributed by atoms with Crippen LogP contribution in [0.3, 0.4) is 0 Å². The van der Waals surface area contributed by atoms with E-state index in [1.165, 1.54) is 0 Å². The van der Waals surface area contributed by atoms with Crippen molar-refractivity contribution in [2.45, 2.75) is 44.9 Å². The lowest BCUT2D eigenvalue weighted by molar-refractivity contribution is 0.0474. The van der Waals surface area contributed by atoms with Crippen LogP contribution >= 0.6 is 0 Å². The number of carbonyl (C=O) groups is 1. The zero-order valence-corrected chi connectivity index (χ0v) is 13.2. The van der Waals surface area contributed by atoms with Crippen LogP contribution in [0, 0.1) is 0 Å². The molecule has 0 saturated carbocycles. The van der Waals surface area contributed by atoms with E-state index >= 15 is 0 Å². The van der Waals surface area contributed by atoms with Gasteiger partial charge in [0.15, 0.2) is 0 Å². The number of nitrogens with two attached hydrogens (primary N) is 1. The molecule has 1 fully saturated rings. The first kappa shape index (κ1) is 16.4. The van der Waals surface area contributed by atoms with Crippen LogP contribution in [0.15, 0.2) is 18.5 Å². The highest BCUT2D eigenvalue weighted by Gasteiger charge is 2.29. The summed E-state index contributed by atoms with van der Waals surface area (Å²) in [6.45, 7) is 6.47. The van der Waals surface area contributed by atoms with Gasteiger partial charge < -0.3 is 25.8 Å². The van der Waals surface area contributed by atoms with E-state index in [4.69, 9.17) is 10.5 Å². The van der Waals surface area contributed by atoms with Gasteiger partial charge in [0.25, 0.3) is 0 Å². The van der Waals surface area contributed by atoms with Crippen molar-refractivity contribution in [1.29, 1.82) is 0 Å². The van der Waals surface area contributed by atoms with Crippen LogP contribution in [0.2, 0.25) is 0 Å². The largest absolute Gasteiger partial charge is 0.444 e. The summed E-state index contributed by atoms with van der Waals surface area (Å²) in [7, 11) is 0. The van der Waals surface area contributed by atoms with Crippen LogP contribution in [-0.2, 0) is 4.74 Å². The van der Waals surface area contributed by atoms with Gasteiger partial charge in [-0.3, -0.25) is 4.98 Å².